The van der Waals surface area contributed by atoms with Gasteiger partial charge in [-0.05, 0) is 42.2 Å². The van der Waals surface area contributed by atoms with Crippen molar-refractivity contribution < 1.29 is 19.1 Å². The van der Waals surface area contributed by atoms with Gasteiger partial charge < -0.3 is 24.8 Å². The lowest BCUT2D eigenvalue weighted by molar-refractivity contribution is -0.140. The lowest BCUT2D eigenvalue weighted by Gasteiger charge is -2.40. The quantitative estimate of drug-likeness (QED) is 0.545. The van der Waals surface area contributed by atoms with Crippen LogP contribution in [0.1, 0.15) is 54.1 Å². The molecule has 37 heavy (non-hydrogen) atoms. The van der Waals surface area contributed by atoms with E-state index in [4.69, 9.17) is 22.1 Å². The van der Waals surface area contributed by atoms with E-state index in [-0.39, 0.29) is 23.9 Å². The minimum atomic E-state index is -0.644. The van der Waals surface area contributed by atoms with Gasteiger partial charge in [0.15, 0.2) is 0 Å². The molecule has 0 spiro atoms. The molecule has 2 N–H and O–H groups in total. The predicted molar refractivity (Wildman–Crippen MR) is 142 cm³/mol. The fourth-order valence-corrected chi connectivity index (χ4v) is 6.06. The number of aromatic nitrogens is 1. The average molecular weight is 523 g/mol. The molecule has 8 nitrogen and oxygen atoms in total. The van der Waals surface area contributed by atoms with E-state index in [1.54, 1.807) is 35.9 Å². The van der Waals surface area contributed by atoms with Crippen molar-refractivity contribution in [2.24, 2.45) is 11.1 Å². The monoisotopic (exact) mass is 522 g/mol. The molecule has 1 aromatic heterocycles. The Morgan fingerprint density at radius 2 is 1.70 bits per heavy atom. The summed E-state index contributed by atoms with van der Waals surface area (Å²) in [5.74, 6) is -0.206. The number of ether oxygens (including phenoxy) is 1. The van der Waals surface area contributed by atoms with Gasteiger partial charge in [-0.25, -0.2) is 0 Å². The average Bonchev–Trinajstić information content (AvgIpc) is 3.56. The molecule has 2 bridgehead atoms. The third kappa shape index (κ3) is 4.23. The SMILES string of the molecule is COc1ccc(C(=O)N2C[C@@H]3C[C@H]2CN3C(=O)[C@@H](n2c(C(N)=O)cc3ccccc32)C(C)(C)C)c(Cl)c1. The summed E-state index contributed by atoms with van der Waals surface area (Å²) in [5, 5.41) is 1.20. The molecule has 9 heteroatoms. The summed E-state index contributed by atoms with van der Waals surface area (Å²) in [7, 11) is 1.55. The lowest BCUT2D eigenvalue weighted by atomic mass is 9.85. The number of halogens is 1. The Hall–Kier alpha value is -3.52. The zero-order chi connectivity index (χ0) is 26.6. The van der Waals surface area contributed by atoms with Gasteiger partial charge >= 0.3 is 0 Å². The van der Waals surface area contributed by atoms with Gasteiger partial charge in [0.1, 0.15) is 17.5 Å². The molecule has 2 aliphatic heterocycles. The summed E-state index contributed by atoms with van der Waals surface area (Å²) in [6.07, 6.45) is 0.706. The molecule has 0 unspecified atom stereocenters. The Morgan fingerprint density at radius 3 is 2.30 bits per heavy atom. The summed E-state index contributed by atoms with van der Waals surface area (Å²) >= 11 is 6.37. The molecule has 3 heterocycles. The highest BCUT2D eigenvalue weighted by molar-refractivity contribution is 6.34. The van der Waals surface area contributed by atoms with Crippen molar-refractivity contribution >= 4 is 40.2 Å². The number of nitrogens with two attached hydrogens (primary N) is 1. The van der Waals surface area contributed by atoms with Crippen LogP contribution >= 0.6 is 11.6 Å². The number of carbonyl (C=O) groups is 3. The first-order valence-corrected chi connectivity index (χ1v) is 12.7. The number of hydrogen-bond donors (Lipinski definition) is 1. The van der Waals surface area contributed by atoms with E-state index >= 15 is 0 Å². The first kappa shape index (κ1) is 25.1. The standard InChI is InChI=1S/C28H31ClN4O4/c1-28(2,3)24(33-22-8-6-5-7-16(22)11-23(33)25(30)34)27(36)32-15-17-12-18(32)14-31(17)26(35)20-10-9-19(37-4)13-21(20)29/h5-11,13,17-18,24H,12,14-15H2,1-4H3,(H2,30,34)/t17-,18-,24+/m0/s1. The van der Waals surface area contributed by atoms with E-state index < -0.39 is 17.4 Å². The first-order valence-electron chi connectivity index (χ1n) is 12.4. The van der Waals surface area contributed by atoms with Crippen LogP contribution < -0.4 is 10.5 Å². The van der Waals surface area contributed by atoms with Crippen molar-refractivity contribution in [3.8, 4) is 5.75 Å². The molecule has 2 aromatic carbocycles. The maximum atomic E-state index is 14.2. The zero-order valence-corrected chi connectivity index (χ0v) is 22.2. The molecule has 194 valence electrons. The summed E-state index contributed by atoms with van der Waals surface area (Å²) in [6, 6.07) is 13.5. The van der Waals surface area contributed by atoms with E-state index in [2.05, 4.69) is 0 Å². The van der Waals surface area contributed by atoms with E-state index in [0.29, 0.717) is 41.5 Å². The van der Waals surface area contributed by atoms with Gasteiger partial charge in [0, 0.05) is 24.0 Å². The lowest BCUT2D eigenvalue weighted by Crippen LogP contribution is -2.53. The number of hydrogen-bond acceptors (Lipinski definition) is 4. The maximum absolute atomic E-state index is 14.2. The summed E-state index contributed by atoms with van der Waals surface area (Å²) in [4.78, 5) is 43.6. The number of amides is 3. The van der Waals surface area contributed by atoms with Crippen LogP contribution in [0.5, 0.6) is 5.75 Å². The molecule has 3 amide bonds. The number of para-hydroxylation sites is 1. The zero-order valence-electron chi connectivity index (χ0n) is 21.4. The highest BCUT2D eigenvalue weighted by atomic mass is 35.5. The number of fused-ring (bicyclic) bond motifs is 3. The van der Waals surface area contributed by atoms with Crippen molar-refractivity contribution in [3.63, 3.8) is 0 Å². The summed E-state index contributed by atoms with van der Waals surface area (Å²) in [6.45, 7) is 6.84. The Balaban J connectivity index is 1.43. The normalized spacial score (nSPS) is 19.9. The largest absolute Gasteiger partial charge is 0.497 e. The minimum Gasteiger partial charge on any atom is -0.497 e. The fraction of sp³-hybridized carbons (Fsp3) is 0.393. The molecule has 5 rings (SSSR count). The smallest absolute Gasteiger partial charge is 0.265 e. The van der Waals surface area contributed by atoms with Crippen molar-refractivity contribution in [1.82, 2.24) is 14.4 Å². The predicted octanol–water partition coefficient (Wildman–Crippen LogP) is 4.11. The van der Waals surface area contributed by atoms with Crippen LogP contribution in [-0.2, 0) is 4.79 Å². The van der Waals surface area contributed by atoms with Crippen molar-refractivity contribution in [1.29, 1.82) is 0 Å². The van der Waals surface area contributed by atoms with Gasteiger partial charge in [-0.3, -0.25) is 14.4 Å². The van der Waals surface area contributed by atoms with Gasteiger partial charge in [-0.2, -0.15) is 0 Å². The number of nitrogens with zero attached hydrogens (tertiary/aromatic N) is 3. The highest BCUT2D eigenvalue weighted by Gasteiger charge is 2.50. The number of methoxy groups -OCH3 is 1. The summed E-state index contributed by atoms with van der Waals surface area (Å²) in [5.41, 5.74) is 6.78. The molecule has 0 radical (unpaired) electrons. The van der Waals surface area contributed by atoms with Crippen LogP contribution in [-0.4, -0.2) is 64.4 Å². The van der Waals surface area contributed by atoms with Crippen LogP contribution in [0.25, 0.3) is 10.9 Å². The second-order valence-corrected chi connectivity index (χ2v) is 11.3. The molecule has 0 saturated carbocycles. The molecular formula is C28H31ClN4O4. The molecule has 2 fully saturated rings. The third-order valence-electron chi connectivity index (χ3n) is 7.50. The topological polar surface area (TPSA) is 97.9 Å². The van der Waals surface area contributed by atoms with Crippen molar-refractivity contribution in [3.05, 3.63) is 64.8 Å². The second-order valence-electron chi connectivity index (χ2n) is 10.9. The number of primary amides is 1. The van der Waals surface area contributed by atoms with Gasteiger partial charge in [0.25, 0.3) is 11.8 Å². The van der Waals surface area contributed by atoms with Gasteiger partial charge in [-0.1, -0.05) is 50.6 Å². The number of likely N-dealkylation sites (tertiary alicyclic amines) is 2. The Kier molecular flexibility index (Phi) is 6.18. The highest BCUT2D eigenvalue weighted by Crippen LogP contribution is 2.41. The number of carbonyl (C=O) groups excluding carboxylic acids is 3. The maximum Gasteiger partial charge on any atom is 0.265 e. The van der Waals surface area contributed by atoms with Gasteiger partial charge in [0.2, 0.25) is 5.91 Å². The van der Waals surface area contributed by atoms with Crippen molar-refractivity contribution in [2.75, 3.05) is 20.2 Å². The fourth-order valence-electron chi connectivity index (χ4n) is 5.81. The first-order chi connectivity index (χ1) is 17.5. The van der Waals surface area contributed by atoms with Crippen molar-refractivity contribution in [2.45, 2.75) is 45.3 Å². The third-order valence-corrected chi connectivity index (χ3v) is 7.82. The number of piperazine rings is 1. The Morgan fingerprint density at radius 1 is 1.03 bits per heavy atom. The summed E-state index contributed by atoms with van der Waals surface area (Å²) < 4.78 is 6.99. The number of benzene rings is 2. The molecule has 2 saturated heterocycles. The van der Waals surface area contributed by atoms with Crippen LogP contribution in [0.4, 0.5) is 0 Å². The van der Waals surface area contributed by atoms with E-state index in [0.717, 1.165) is 10.9 Å². The molecule has 0 aliphatic carbocycles. The van der Waals surface area contributed by atoms with Gasteiger partial charge in [0.05, 0.1) is 29.8 Å². The molecule has 3 aromatic rings. The Labute approximate surface area is 220 Å². The van der Waals surface area contributed by atoms with Gasteiger partial charge in [-0.15, -0.1) is 0 Å². The van der Waals surface area contributed by atoms with E-state index in [1.807, 2.05) is 54.8 Å². The van der Waals surface area contributed by atoms with Crippen LogP contribution in [0.15, 0.2) is 48.5 Å². The minimum absolute atomic E-state index is 0.0709. The van der Waals surface area contributed by atoms with Crippen LogP contribution in [0.3, 0.4) is 0 Å². The molecule has 3 atom stereocenters. The second kappa shape index (κ2) is 9.10. The van der Waals surface area contributed by atoms with E-state index in [1.165, 1.54) is 0 Å². The molecular weight excluding hydrogens is 492 g/mol. The van der Waals surface area contributed by atoms with Crippen LogP contribution in [0, 0.1) is 5.41 Å². The van der Waals surface area contributed by atoms with Crippen LogP contribution in [0.2, 0.25) is 5.02 Å². The van der Waals surface area contributed by atoms with E-state index in [9.17, 15) is 14.4 Å². The number of rotatable bonds is 5. The Bertz CT molecular complexity index is 1410. The molecule has 2 aliphatic rings.